The van der Waals surface area contributed by atoms with E-state index in [1.165, 1.54) is 6.42 Å². The zero-order chi connectivity index (χ0) is 14.0. The third-order valence-corrected chi connectivity index (χ3v) is 4.67. The molecular weight excluding hydrogens is 252 g/mol. The first-order valence-electron chi connectivity index (χ1n) is 7.85. The molecule has 1 aliphatic carbocycles. The third-order valence-electron chi connectivity index (χ3n) is 4.67. The highest BCUT2D eigenvalue weighted by atomic mass is 16.2. The molecule has 0 radical (unpaired) electrons. The summed E-state index contributed by atoms with van der Waals surface area (Å²) < 4.78 is 0. The van der Waals surface area contributed by atoms with Gasteiger partial charge in [0.1, 0.15) is 6.17 Å². The number of nitrogens with one attached hydrogen (secondary N) is 2. The van der Waals surface area contributed by atoms with Crippen LogP contribution in [0.3, 0.4) is 0 Å². The number of amides is 1. The fourth-order valence-corrected chi connectivity index (χ4v) is 3.53. The van der Waals surface area contributed by atoms with Crippen molar-refractivity contribution < 1.29 is 4.79 Å². The number of carbonyl (C=O) groups is 1. The summed E-state index contributed by atoms with van der Waals surface area (Å²) in [4.78, 5) is 14.9. The van der Waals surface area contributed by atoms with Gasteiger partial charge in [0, 0.05) is 12.7 Å². The molecule has 2 aliphatic rings. The van der Waals surface area contributed by atoms with Gasteiger partial charge in [-0.25, -0.2) is 0 Å². The second-order valence-electron chi connectivity index (χ2n) is 6.05. The van der Waals surface area contributed by atoms with E-state index in [4.69, 9.17) is 0 Å². The van der Waals surface area contributed by atoms with Crippen molar-refractivity contribution in [1.82, 2.24) is 20.4 Å². The van der Waals surface area contributed by atoms with E-state index in [0.717, 1.165) is 50.8 Å². The summed E-state index contributed by atoms with van der Waals surface area (Å²) in [6, 6.07) is 1.96. The Kier molecular flexibility index (Phi) is 3.78. The number of nitrogens with zero attached hydrogens (tertiary/aromatic N) is 2. The molecule has 5 nitrogen and oxygen atoms in total. The van der Waals surface area contributed by atoms with Gasteiger partial charge in [-0.1, -0.05) is 32.6 Å². The first-order valence-corrected chi connectivity index (χ1v) is 7.85. The van der Waals surface area contributed by atoms with Crippen molar-refractivity contribution in [3.8, 4) is 0 Å². The summed E-state index contributed by atoms with van der Waals surface area (Å²) in [7, 11) is 0. The van der Waals surface area contributed by atoms with Crippen LogP contribution in [0.2, 0.25) is 0 Å². The normalized spacial score (nSPS) is 25.6. The van der Waals surface area contributed by atoms with Gasteiger partial charge in [0.05, 0.1) is 11.2 Å². The summed E-state index contributed by atoms with van der Waals surface area (Å²) in [5.41, 5.74) is 0.679. The standard InChI is InChI=1S/C15H24N4O/c1-2-3-11-19-13(12-7-10-16-18-12)17-15(14(19)20)8-5-4-6-9-15/h7,10,13,17H,2-6,8-9,11H2,1H3,(H,16,18)/t13-/m0/s1. The lowest BCUT2D eigenvalue weighted by molar-refractivity contribution is -0.134. The summed E-state index contributed by atoms with van der Waals surface area (Å²) in [5.74, 6) is 0.297. The highest BCUT2D eigenvalue weighted by molar-refractivity contribution is 5.89. The Labute approximate surface area is 120 Å². The van der Waals surface area contributed by atoms with Crippen molar-refractivity contribution in [3.05, 3.63) is 18.0 Å². The van der Waals surface area contributed by atoms with Gasteiger partial charge in [-0.05, 0) is 25.3 Å². The minimum absolute atomic E-state index is 0.0327. The van der Waals surface area contributed by atoms with E-state index >= 15 is 0 Å². The Balaban J connectivity index is 1.85. The number of carbonyl (C=O) groups excluding carboxylic acids is 1. The van der Waals surface area contributed by atoms with Crippen LogP contribution in [0.5, 0.6) is 0 Å². The maximum absolute atomic E-state index is 12.9. The number of unbranched alkanes of at least 4 members (excludes halogenated alkanes) is 1. The highest BCUT2D eigenvalue weighted by Gasteiger charge is 2.51. The van der Waals surface area contributed by atoms with Gasteiger partial charge in [0.2, 0.25) is 5.91 Å². The Morgan fingerprint density at radius 2 is 2.20 bits per heavy atom. The van der Waals surface area contributed by atoms with Gasteiger partial charge in [0.15, 0.2) is 0 Å². The van der Waals surface area contributed by atoms with Gasteiger partial charge in [-0.3, -0.25) is 15.2 Å². The molecule has 5 heteroatoms. The van der Waals surface area contributed by atoms with Crippen LogP contribution in [-0.4, -0.2) is 33.1 Å². The lowest BCUT2D eigenvalue weighted by Crippen LogP contribution is -2.48. The SMILES string of the molecule is CCCCN1C(=O)C2(CCCCC2)N[C@@H]1c1ccn[nH]1. The predicted octanol–water partition coefficient (Wildman–Crippen LogP) is 2.34. The number of aromatic nitrogens is 2. The predicted molar refractivity (Wildman–Crippen MR) is 76.9 cm³/mol. The highest BCUT2D eigenvalue weighted by Crippen LogP contribution is 2.39. The lowest BCUT2D eigenvalue weighted by Gasteiger charge is -2.31. The van der Waals surface area contributed by atoms with Gasteiger partial charge in [-0.15, -0.1) is 0 Å². The van der Waals surface area contributed by atoms with E-state index in [1.54, 1.807) is 6.20 Å². The van der Waals surface area contributed by atoms with Crippen LogP contribution in [0.4, 0.5) is 0 Å². The Hall–Kier alpha value is -1.36. The van der Waals surface area contributed by atoms with E-state index in [2.05, 4.69) is 22.4 Å². The molecule has 1 amide bonds. The molecule has 1 saturated carbocycles. The molecule has 1 atom stereocenters. The summed E-state index contributed by atoms with van der Waals surface area (Å²) in [6.07, 6.45) is 9.37. The van der Waals surface area contributed by atoms with Gasteiger partial charge >= 0.3 is 0 Å². The molecule has 1 saturated heterocycles. The minimum atomic E-state index is -0.318. The molecule has 20 heavy (non-hydrogen) atoms. The monoisotopic (exact) mass is 276 g/mol. The molecule has 3 rings (SSSR count). The van der Waals surface area contributed by atoms with E-state index in [1.807, 2.05) is 11.0 Å². The van der Waals surface area contributed by atoms with Gasteiger partial charge in [-0.2, -0.15) is 5.10 Å². The lowest BCUT2D eigenvalue weighted by atomic mass is 9.81. The average molecular weight is 276 g/mol. The fraction of sp³-hybridized carbons (Fsp3) is 0.733. The molecule has 1 spiro atoms. The molecule has 1 aromatic heterocycles. The summed E-state index contributed by atoms with van der Waals surface area (Å²) >= 11 is 0. The largest absolute Gasteiger partial charge is 0.320 e. The third kappa shape index (κ3) is 2.24. The quantitative estimate of drug-likeness (QED) is 0.887. The van der Waals surface area contributed by atoms with E-state index in [0.29, 0.717) is 5.91 Å². The Morgan fingerprint density at radius 3 is 2.85 bits per heavy atom. The van der Waals surface area contributed by atoms with Crippen LogP contribution in [0.1, 0.15) is 63.7 Å². The van der Waals surface area contributed by atoms with Crippen LogP contribution >= 0.6 is 0 Å². The number of aromatic amines is 1. The number of H-pyrrole nitrogens is 1. The molecule has 2 N–H and O–H groups in total. The Bertz CT molecular complexity index is 450. The van der Waals surface area contributed by atoms with Crippen LogP contribution in [0.25, 0.3) is 0 Å². The summed E-state index contributed by atoms with van der Waals surface area (Å²) in [5, 5.41) is 10.7. The van der Waals surface area contributed by atoms with Crippen LogP contribution < -0.4 is 5.32 Å². The van der Waals surface area contributed by atoms with Crippen molar-refractivity contribution in [2.75, 3.05) is 6.54 Å². The van der Waals surface area contributed by atoms with Gasteiger partial charge < -0.3 is 4.90 Å². The molecule has 1 aliphatic heterocycles. The molecule has 1 aromatic rings. The van der Waals surface area contributed by atoms with Crippen LogP contribution in [-0.2, 0) is 4.79 Å². The topological polar surface area (TPSA) is 61.0 Å². The van der Waals surface area contributed by atoms with Crippen molar-refractivity contribution in [3.63, 3.8) is 0 Å². The van der Waals surface area contributed by atoms with Crippen LogP contribution in [0.15, 0.2) is 12.3 Å². The number of hydrogen-bond acceptors (Lipinski definition) is 3. The Morgan fingerprint density at radius 1 is 1.40 bits per heavy atom. The van der Waals surface area contributed by atoms with Gasteiger partial charge in [0.25, 0.3) is 0 Å². The average Bonchev–Trinajstić information content (AvgIpc) is 3.08. The maximum Gasteiger partial charge on any atom is 0.244 e. The fourth-order valence-electron chi connectivity index (χ4n) is 3.53. The molecule has 0 unspecified atom stereocenters. The molecule has 110 valence electrons. The molecule has 0 bridgehead atoms. The summed E-state index contributed by atoms with van der Waals surface area (Å²) in [6.45, 7) is 2.99. The molecule has 0 aromatic carbocycles. The second-order valence-corrected chi connectivity index (χ2v) is 6.05. The molecular formula is C15H24N4O. The molecule has 2 fully saturated rings. The first-order chi connectivity index (χ1) is 9.77. The maximum atomic E-state index is 12.9. The second kappa shape index (κ2) is 5.56. The van der Waals surface area contributed by atoms with Crippen molar-refractivity contribution in [1.29, 1.82) is 0 Å². The first kappa shape index (κ1) is 13.6. The van der Waals surface area contributed by atoms with E-state index < -0.39 is 0 Å². The smallest absolute Gasteiger partial charge is 0.244 e. The minimum Gasteiger partial charge on any atom is -0.320 e. The number of hydrogen-bond donors (Lipinski definition) is 2. The zero-order valence-electron chi connectivity index (χ0n) is 12.2. The molecule has 2 heterocycles. The van der Waals surface area contributed by atoms with Crippen LogP contribution in [0, 0.1) is 0 Å². The van der Waals surface area contributed by atoms with E-state index in [9.17, 15) is 4.79 Å². The zero-order valence-corrected chi connectivity index (χ0v) is 12.2. The van der Waals surface area contributed by atoms with Crippen molar-refractivity contribution in [2.24, 2.45) is 0 Å². The van der Waals surface area contributed by atoms with Crippen molar-refractivity contribution in [2.45, 2.75) is 63.6 Å². The van der Waals surface area contributed by atoms with E-state index in [-0.39, 0.29) is 11.7 Å². The van der Waals surface area contributed by atoms with Crippen molar-refractivity contribution >= 4 is 5.91 Å². The number of rotatable bonds is 4.